The highest BCUT2D eigenvalue weighted by Crippen LogP contribution is 2.48. The second-order valence-corrected chi connectivity index (χ2v) is 5.56. The summed E-state index contributed by atoms with van der Waals surface area (Å²) in [7, 11) is 1.56. The van der Waals surface area contributed by atoms with Crippen molar-refractivity contribution in [3.05, 3.63) is 36.4 Å². The molecule has 3 rings (SSSR count). The van der Waals surface area contributed by atoms with Crippen molar-refractivity contribution in [2.75, 3.05) is 12.4 Å². The van der Waals surface area contributed by atoms with Crippen LogP contribution in [0.4, 0.5) is 5.69 Å². The van der Waals surface area contributed by atoms with Crippen molar-refractivity contribution in [3.8, 4) is 5.75 Å². The maximum Gasteiger partial charge on any atom is 0.307 e. The lowest BCUT2D eigenvalue weighted by atomic mass is 9.82. The highest BCUT2D eigenvalue weighted by Gasteiger charge is 2.51. The number of carbonyl (C=O) groups is 2. The van der Waals surface area contributed by atoms with Gasteiger partial charge in [0.25, 0.3) is 0 Å². The fourth-order valence-electron chi connectivity index (χ4n) is 3.44. The van der Waals surface area contributed by atoms with Crippen LogP contribution in [0.2, 0.25) is 0 Å². The van der Waals surface area contributed by atoms with Crippen LogP contribution >= 0.6 is 0 Å². The van der Waals surface area contributed by atoms with Gasteiger partial charge in [-0.2, -0.15) is 0 Å². The van der Waals surface area contributed by atoms with Crippen LogP contribution in [-0.2, 0) is 9.59 Å². The average molecular weight is 287 g/mol. The SMILES string of the molecule is COc1cccc(NC(=O)[C@H]2[C@H](C(=O)O)[C@H]3C=C[C@H]2C3)c1. The highest BCUT2D eigenvalue weighted by atomic mass is 16.5. The first kappa shape index (κ1) is 13.7. The fourth-order valence-corrected chi connectivity index (χ4v) is 3.44. The third-order valence-electron chi connectivity index (χ3n) is 4.38. The monoisotopic (exact) mass is 287 g/mol. The molecule has 110 valence electrons. The van der Waals surface area contributed by atoms with Gasteiger partial charge < -0.3 is 15.2 Å². The van der Waals surface area contributed by atoms with Crippen molar-refractivity contribution in [2.24, 2.45) is 23.7 Å². The molecule has 1 fully saturated rings. The van der Waals surface area contributed by atoms with E-state index in [1.165, 1.54) is 0 Å². The summed E-state index contributed by atoms with van der Waals surface area (Å²) in [6.45, 7) is 0. The molecule has 1 aromatic carbocycles. The fraction of sp³-hybridized carbons (Fsp3) is 0.375. The maximum absolute atomic E-state index is 12.5. The lowest BCUT2D eigenvalue weighted by Gasteiger charge is -2.23. The average Bonchev–Trinajstić information content (AvgIpc) is 3.07. The first-order valence-electron chi connectivity index (χ1n) is 6.96. The molecule has 2 bridgehead atoms. The highest BCUT2D eigenvalue weighted by molar-refractivity contribution is 5.96. The molecule has 2 aliphatic rings. The van der Waals surface area contributed by atoms with Crippen LogP contribution in [0.5, 0.6) is 5.75 Å². The van der Waals surface area contributed by atoms with Gasteiger partial charge in [0.1, 0.15) is 5.75 Å². The van der Waals surface area contributed by atoms with Gasteiger partial charge in [-0.05, 0) is 30.4 Å². The second kappa shape index (κ2) is 5.24. The molecule has 5 nitrogen and oxygen atoms in total. The van der Waals surface area contributed by atoms with E-state index in [4.69, 9.17) is 4.74 Å². The molecule has 0 aliphatic heterocycles. The minimum absolute atomic E-state index is 0.0199. The van der Waals surface area contributed by atoms with Crippen LogP contribution in [0, 0.1) is 23.7 Å². The molecule has 0 saturated heterocycles. The van der Waals surface area contributed by atoms with Gasteiger partial charge in [0, 0.05) is 11.8 Å². The number of carboxylic acids is 1. The number of amides is 1. The maximum atomic E-state index is 12.5. The van der Waals surface area contributed by atoms with Gasteiger partial charge >= 0.3 is 5.97 Å². The largest absolute Gasteiger partial charge is 0.497 e. The number of anilines is 1. The molecule has 4 atom stereocenters. The number of ether oxygens (including phenoxy) is 1. The molecule has 2 N–H and O–H groups in total. The lowest BCUT2D eigenvalue weighted by molar-refractivity contribution is -0.146. The van der Waals surface area contributed by atoms with E-state index in [9.17, 15) is 14.7 Å². The molecule has 0 unspecified atom stereocenters. The molecule has 21 heavy (non-hydrogen) atoms. The number of nitrogens with one attached hydrogen (secondary N) is 1. The third-order valence-corrected chi connectivity index (χ3v) is 4.38. The Morgan fingerprint density at radius 2 is 1.95 bits per heavy atom. The Labute approximate surface area is 122 Å². The van der Waals surface area contributed by atoms with E-state index in [1.54, 1.807) is 31.4 Å². The van der Waals surface area contributed by atoms with E-state index in [-0.39, 0.29) is 17.7 Å². The summed E-state index contributed by atoms with van der Waals surface area (Å²) in [5.74, 6) is -1.58. The van der Waals surface area contributed by atoms with E-state index in [1.807, 2.05) is 12.2 Å². The number of hydrogen-bond donors (Lipinski definition) is 2. The van der Waals surface area contributed by atoms with Crippen molar-refractivity contribution in [3.63, 3.8) is 0 Å². The molecule has 1 amide bonds. The van der Waals surface area contributed by atoms with Gasteiger partial charge in [-0.15, -0.1) is 0 Å². The topological polar surface area (TPSA) is 75.6 Å². The number of benzene rings is 1. The summed E-state index contributed by atoms with van der Waals surface area (Å²) in [5, 5.41) is 12.2. The van der Waals surface area contributed by atoms with Crippen molar-refractivity contribution in [2.45, 2.75) is 6.42 Å². The van der Waals surface area contributed by atoms with Gasteiger partial charge in [0.15, 0.2) is 0 Å². The summed E-state index contributed by atoms with van der Waals surface area (Å²) >= 11 is 0. The van der Waals surface area contributed by atoms with E-state index in [0.29, 0.717) is 11.4 Å². The Balaban J connectivity index is 1.78. The minimum atomic E-state index is -0.891. The van der Waals surface area contributed by atoms with Crippen LogP contribution in [0.25, 0.3) is 0 Å². The zero-order chi connectivity index (χ0) is 15.0. The van der Waals surface area contributed by atoms with Crippen molar-refractivity contribution >= 4 is 17.6 Å². The number of rotatable bonds is 4. The molecule has 5 heteroatoms. The first-order valence-corrected chi connectivity index (χ1v) is 6.96. The molecule has 0 heterocycles. The molecular weight excluding hydrogens is 270 g/mol. The van der Waals surface area contributed by atoms with Crippen molar-refractivity contribution in [1.82, 2.24) is 0 Å². The Kier molecular flexibility index (Phi) is 3.41. The molecule has 0 aromatic heterocycles. The first-order chi connectivity index (χ1) is 10.1. The summed E-state index contributed by atoms with van der Waals surface area (Å²) < 4.78 is 5.11. The Morgan fingerprint density at radius 1 is 1.24 bits per heavy atom. The number of methoxy groups -OCH3 is 1. The standard InChI is InChI=1S/C16H17NO4/c1-21-12-4-2-3-11(8-12)17-15(18)13-9-5-6-10(7-9)14(13)16(19)20/h2-6,8-10,13-14H,7H2,1H3,(H,17,18)(H,19,20)/t9-,10-,13+,14+/m0/s1. The van der Waals surface area contributed by atoms with Crippen molar-refractivity contribution in [1.29, 1.82) is 0 Å². The van der Waals surface area contributed by atoms with Crippen LogP contribution in [0.1, 0.15) is 6.42 Å². The molecule has 1 saturated carbocycles. The van der Waals surface area contributed by atoms with E-state index in [0.717, 1.165) is 6.42 Å². The molecule has 0 spiro atoms. The number of hydrogen-bond acceptors (Lipinski definition) is 3. The molecule has 1 aromatic rings. The van der Waals surface area contributed by atoms with Crippen molar-refractivity contribution < 1.29 is 19.4 Å². The molecule has 0 radical (unpaired) electrons. The number of carbonyl (C=O) groups excluding carboxylic acids is 1. The van der Waals surface area contributed by atoms with E-state index < -0.39 is 17.8 Å². The smallest absolute Gasteiger partial charge is 0.307 e. The quantitative estimate of drug-likeness (QED) is 0.832. The predicted molar refractivity (Wildman–Crippen MR) is 77.0 cm³/mol. The Bertz CT molecular complexity index is 610. The van der Waals surface area contributed by atoms with Gasteiger partial charge in [-0.3, -0.25) is 9.59 Å². The Morgan fingerprint density at radius 3 is 2.62 bits per heavy atom. The molecular formula is C16H17NO4. The minimum Gasteiger partial charge on any atom is -0.497 e. The summed E-state index contributed by atoms with van der Waals surface area (Å²) in [6.07, 6.45) is 4.66. The number of fused-ring (bicyclic) bond motifs is 2. The van der Waals surface area contributed by atoms with Gasteiger partial charge in [0.05, 0.1) is 18.9 Å². The van der Waals surface area contributed by atoms with Gasteiger partial charge in [0.2, 0.25) is 5.91 Å². The van der Waals surface area contributed by atoms with Crippen LogP contribution in [0.15, 0.2) is 36.4 Å². The summed E-state index contributed by atoms with van der Waals surface area (Å²) in [5.41, 5.74) is 0.621. The second-order valence-electron chi connectivity index (χ2n) is 5.56. The Hall–Kier alpha value is -2.30. The van der Waals surface area contributed by atoms with Gasteiger partial charge in [-0.1, -0.05) is 18.2 Å². The van der Waals surface area contributed by atoms with Crippen LogP contribution in [-0.4, -0.2) is 24.1 Å². The zero-order valence-corrected chi connectivity index (χ0v) is 11.7. The van der Waals surface area contributed by atoms with Gasteiger partial charge in [-0.25, -0.2) is 0 Å². The number of aliphatic carboxylic acids is 1. The van der Waals surface area contributed by atoms with Crippen LogP contribution < -0.4 is 10.1 Å². The van der Waals surface area contributed by atoms with Crippen LogP contribution in [0.3, 0.4) is 0 Å². The molecule has 2 aliphatic carbocycles. The number of carboxylic acid groups (broad SMARTS) is 1. The zero-order valence-electron chi connectivity index (χ0n) is 11.7. The lowest BCUT2D eigenvalue weighted by Crippen LogP contribution is -2.36. The summed E-state index contributed by atoms with van der Waals surface area (Å²) in [6, 6.07) is 7.05. The number of allylic oxidation sites excluding steroid dienone is 2. The predicted octanol–water partition coefficient (Wildman–Crippen LogP) is 2.16. The normalized spacial score (nSPS) is 29.4. The third kappa shape index (κ3) is 2.39. The summed E-state index contributed by atoms with van der Waals surface area (Å²) in [4.78, 5) is 23.9. The van der Waals surface area contributed by atoms with E-state index in [2.05, 4.69) is 5.32 Å². The van der Waals surface area contributed by atoms with E-state index >= 15 is 0 Å².